The first kappa shape index (κ1) is 11.6. The first-order chi connectivity index (χ1) is 8.15. The lowest BCUT2D eigenvalue weighted by molar-refractivity contribution is 0.629. The van der Waals surface area contributed by atoms with E-state index in [0.717, 1.165) is 16.7 Å². The molecule has 0 saturated heterocycles. The van der Waals surface area contributed by atoms with Crippen LogP contribution in [0.25, 0.3) is 0 Å². The van der Waals surface area contributed by atoms with Crippen LogP contribution in [0.4, 0.5) is 10.1 Å². The fourth-order valence-corrected chi connectivity index (χ4v) is 1.68. The van der Waals surface area contributed by atoms with Crippen molar-refractivity contribution in [2.45, 2.75) is 20.4 Å². The highest BCUT2D eigenvalue weighted by molar-refractivity contribution is 5.46. The second-order valence-corrected chi connectivity index (χ2v) is 4.21. The topological polar surface area (TPSA) is 24.9 Å². The van der Waals surface area contributed by atoms with Gasteiger partial charge in [-0.3, -0.25) is 4.98 Å². The van der Waals surface area contributed by atoms with Crippen LogP contribution in [0.3, 0.4) is 0 Å². The van der Waals surface area contributed by atoms with Gasteiger partial charge in [0, 0.05) is 18.9 Å². The van der Waals surface area contributed by atoms with Crippen molar-refractivity contribution in [1.82, 2.24) is 4.98 Å². The van der Waals surface area contributed by atoms with E-state index in [-0.39, 0.29) is 5.82 Å². The number of pyridine rings is 1. The molecule has 0 atom stereocenters. The number of hydrogen-bond acceptors (Lipinski definition) is 2. The molecule has 0 aliphatic carbocycles. The Kier molecular flexibility index (Phi) is 3.38. The summed E-state index contributed by atoms with van der Waals surface area (Å²) in [6, 6.07) is 7.21. The first-order valence-electron chi connectivity index (χ1n) is 5.56. The van der Waals surface area contributed by atoms with Gasteiger partial charge in [0.2, 0.25) is 0 Å². The number of aryl methyl sites for hydroxylation is 2. The number of nitrogens with zero attached hydrogens (tertiary/aromatic N) is 1. The van der Waals surface area contributed by atoms with Crippen LogP contribution in [0.15, 0.2) is 36.7 Å². The van der Waals surface area contributed by atoms with Gasteiger partial charge >= 0.3 is 0 Å². The van der Waals surface area contributed by atoms with Crippen LogP contribution in [0, 0.1) is 19.7 Å². The summed E-state index contributed by atoms with van der Waals surface area (Å²) in [6.07, 6.45) is 3.59. The molecule has 1 aromatic heterocycles. The monoisotopic (exact) mass is 230 g/mol. The second-order valence-electron chi connectivity index (χ2n) is 4.21. The van der Waals surface area contributed by atoms with Gasteiger partial charge in [-0.1, -0.05) is 12.1 Å². The molecule has 1 N–H and O–H groups in total. The lowest BCUT2D eigenvalue weighted by atomic mass is 10.2. The van der Waals surface area contributed by atoms with E-state index in [2.05, 4.69) is 10.3 Å². The maximum absolute atomic E-state index is 13.6. The van der Waals surface area contributed by atoms with Crippen molar-refractivity contribution >= 4 is 5.69 Å². The summed E-state index contributed by atoms with van der Waals surface area (Å²) in [7, 11) is 0. The molecular formula is C14H15FN2. The van der Waals surface area contributed by atoms with Crippen LogP contribution in [0.5, 0.6) is 0 Å². The number of rotatable bonds is 3. The lowest BCUT2D eigenvalue weighted by Crippen LogP contribution is -2.02. The number of benzene rings is 1. The average Bonchev–Trinajstić information content (AvgIpc) is 2.28. The van der Waals surface area contributed by atoms with Crippen molar-refractivity contribution in [3.63, 3.8) is 0 Å². The molecule has 2 aromatic rings. The summed E-state index contributed by atoms with van der Waals surface area (Å²) >= 11 is 0. The van der Waals surface area contributed by atoms with E-state index in [1.165, 1.54) is 6.07 Å². The molecule has 0 radical (unpaired) electrons. The fraction of sp³-hybridized carbons (Fsp3) is 0.214. The summed E-state index contributed by atoms with van der Waals surface area (Å²) in [4.78, 5) is 4.10. The molecule has 2 nitrogen and oxygen atoms in total. The van der Waals surface area contributed by atoms with Crippen molar-refractivity contribution in [2.75, 3.05) is 5.32 Å². The standard InChI is InChI=1S/C14H15FN2/c1-10-3-4-14(13(15)6-10)17-9-12-5-11(2)7-16-8-12/h3-8,17H,9H2,1-2H3. The Hall–Kier alpha value is -1.90. The maximum Gasteiger partial charge on any atom is 0.146 e. The van der Waals surface area contributed by atoms with E-state index in [1.54, 1.807) is 18.5 Å². The van der Waals surface area contributed by atoms with Crippen LogP contribution in [-0.2, 0) is 6.54 Å². The zero-order chi connectivity index (χ0) is 12.3. The number of nitrogens with one attached hydrogen (secondary N) is 1. The Bertz CT molecular complexity index is 523. The van der Waals surface area contributed by atoms with Gasteiger partial charge in [0.15, 0.2) is 0 Å². The minimum Gasteiger partial charge on any atom is -0.379 e. The molecule has 88 valence electrons. The van der Waals surface area contributed by atoms with Crippen molar-refractivity contribution in [3.05, 3.63) is 59.2 Å². The van der Waals surface area contributed by atoms with E-state index < -0.39 is 0 Å². The number of aromatic nitrogens is 1. The Morgan fingerprint density at radius 1 is 1.12 bits per heavy atom. The third kappa shape index (κ3) is 3.03. The van der Waals surface area contributed by atoms with Gasteiger partial charge < -0.3 is 5.32 Å². The van der Waals surface area contributed by atoms with Crippen molar-refractivity contribution < 1.29 is 4.39 Å². The van der Waals surface area contributed by atoms with Gasteiger partial charge in [-0.25, -0.2) is 4.39 Å². The molecule has 1 aromatic carbocycles. The normalized spacial score (nSPS) is 10.3. The van der Waals surface area contributed by atoms with E-state index >= 15 is 0 Å². The number of halogens is 1. The summed E-state index contributed by atoms with van der Waals surface area (Å²) in [5.74, 6) is -0.217. The quantitative estimate of drug-likeness (QED) is 0.873. The van der Waals surface area contributed by atoms with Gasteiger partial charge in [-0.05, 0) is 42.7 Å². The average molecular weight is 230 g/mol. The highest BCUT2D eigenvalue weighted by atomic mass is 19.1. The zero-order valence-corrected chi connectivity index (χ0v) is 10.00. The van der Waals surface area contributed by atoms with Gasteiger partial charge in [0.1, 0.15) is 5.82 Å². The smallest absolute Gasteiger partial charge is 0.146 e. The third-order valence-corrected chi connectivity index (χ3v) is 2.54. The predicted octanol–water partition coefficient (Wildman–Crippen LogP) is 3.45. The molecule has 0 unspecified atom stereocenters. The molecule has 3 heteroatoms. The molecule has 17 heavy (non-hydrogen) atoms. The molecule has 0 amide bonds. The SMILES string of the molecule is Cc1cncc(CNc2ccc(C)cc2F)c1. The predicted molar refractivity (Wildman–Crippen MR) is 67.4 cm³/mol. The highest BCUT2D eigenvalue weighted by Crippen LogP contribution is 2.16. The number of anilines is 1. The Labute approximate surface area is 101 Å². The highest BCUT2D eigenvalue weighted by Gasteiger charge is 2.01. The van der Waals surface area contributed by atoms with Crippen LogP contribution in [0.1, 0.15) is 16.7 Å². The van der Waals surface area contributed by atoms with Crippen LogP contribution in [0.2, 0.25) is 0 Å². The molecule has 0 fully saturated rings. The fourth-order valence-electron chi connectivity index (χ4n) is 1.68. The van der Waals surface area contributed by atoms with E-state index in [1.807, 2.05) is 26.0 Å². The minimum absolute atomic E-state index is 0.217. The van der Waals surface area contributed by atoms with Gasteiger partial charge in [0.05, 0.1) is 5.69 Å². The van der Waals surface area contributed by atoms with E-state index in [9.17, 15) is 4.39 Å². The summed E-state index contributed by atoms with van der Waals surface area (Å²) in [6.45, 7) is 4.44. The van der Waals surface area contributed by atoms with Gasteiger partial charge in [0.25, 0.3) is 0 Å². The maximum atomic E-state index is 13.6. The van der Waals surface area contributed by atoms with Crippen molar-refractivity contribution in [3.8, 4) is 0 Å². The van der Waals surface area contributed by atoms with Gasteiger partial charge in [-0.15, -0.1) is 0 Å². The molecular weight excluding hydrogens is 215 g/mol. The van der Waals surface area contributed by atoms with E-state index in [0.29, 0.717) is 12.2 Å². The lowest BCUT2D eigenvalue weighted by Gasteiger charge is -2.08. The van der Waals surface area contributed by atoms with Gasteiger partial charge in [-0.2, -0.15) is 0 Å². The molecule has 0 saturated carbocycles. The van der Waals surface area contributed by atoms with Crippen molar-refractivity contribution in [1.29, 1.82) is 0 Å². The number of hydrogen-bond donors (Lipinski definition) is 1. The van der Waals surface area contributed by atoms with Crippen LogP contribution >= 0.6 is 0 Å². The summed E-state index contributed by atoms with van der Waals surface area (Å²) in [5.41, 5.74) is 3.60. The summed E-state index contributed by atoms with van der Waals surface area (Å²) < 4.78 is 13.6. The molecule has 0 aliphatic heterocycles. The second kappa shape index (κ2) is 4.95. The third-order valence-electron chi connectivity index (χ3n) is 2.54. The summed E-state index contributed by atoms with van der Waals surface area (Å²) in [5, 5.41) is 3.07. The molecule has 2 rings (SSSR count). The Morgan fingerprint density at radius 2 is 1.94 bits per heavy atom. The first-order valence-corrected chi connectivity index (χ1v) is 5.56. The molecule has 1 heterocycles. The van der Waals surface area contributed by atoms with Crippen LogP contribution in [-0.4, -0.2) is 4.98 Å². The molecule has 0 aliphatic rings. The van der Waals surface area contributed by atoms with Crippen LogP contribution < -0.4 is 5.32 Å². The van der Waals surface area contributed by atoms with Crippen molar-refractivity contribution in [2.24, 2.45) is 0 Å². The minimum atomic E-state index is -0.217. The largest absolute Gasteiger partial charge is 0.379 e. The molecule has 0 bridgehead atoms. The molecule has 0 spiro atoms. The van der Waals surface area contributed by atoms with E-state index in [4.69, 9.17) is 0 Å². The zero-order valence-electron chi connectivity index (χ0n) is 10.00. The Morgan fingerprint density at radius 3 is 2.65 bits per heavy atom. The Balaban J connectivity index is 2.07.